The normalized spacial score (nSPS) is 28.0. The lowest BCUT2D eigenvalue weighted by molar-refractivity contribution is 0.548. The largest absolute Gasteiger partial charge is 0.291 e. The zero-order valence-corrected chi connectivity index (χ0v) is 6.16. The maximum Gasteiger partial charge on any atom is 0.202 e. The van der Waals surface area contributed by atoms with Crippen LogP contribution in [-0.4, -0.2) is 6.29 Å². The highest BCUT2D eigenvalue weighted by Crippen LogP contribution is 2.45. The van der Waals surface area contributed by atoms with Crippen LogP contribution in [0, 0.1) is 5.92 Å². The highest BCUT2D eigenvalue weighted by molar-refractivity contribution is 5.62. The van der Waals surface area contributed by atoms with Crippen molar-refractivity contribution in [3.8, 4) is 0 Å². The van der Waals surface area contributed by atoms with Gasteiger partial charge in [0.05, 0.1) is 0 Å². The SMILES string of the molecule is O=[C][C@H]1C[C@@H]1c1ccccc1. The third kappa shape index (κ3) is 1.18. The second kappa shape index (κ2) is 2.50. The monoisotopic (exact) mass is 145 g/mol. The summed E-state index contributed by atoms with van der Waals surface area (Å²) in [4.78, 5) is 10.2. The summed E-state index contributed by atoms with van der Waals surface area (Å²) in [6.45, 7) is 0. The number of rotatable bonds is 2. The summed E-state index contributed by atoms with van der Waals surface area (Å²) in [5, 5.41) is 0. The first-order valence-electron chi connectivity index (χ1n) is 3.84. The van der Waals surface area contributed by atoms with Gasteiger partial charge in [-0.05, 0) is 17.9 Å². The van der Waals surface area contributed by atoms with Crippen LogP contribution < -0.4 is 0 Å². The number of carbonyl (C=O) groups excluding carboxylic acids is 1. The van der Waals surface area contributed by atoms with E-state index in [1.54, 1.807) is 0 Å². The number of benzene rings is 1. The fourth-order valence-corrected chi connectivity index (χ4v) is 1.39. The van der Waals surface area contributed by atoms with Crippen molar-refractivity contribution in [3.05, 3.63) is 35.9 Å². The highest BCUT2D eigenvalue weighted by atomic mass is 16.1. The molecular weight excluding hydrogens is 136 g/mol. The minimum atomic E-state index is 0.178. The molecule has 1 aromatic carbocycles. The second-order valence-corrected chi connectivity index (χ2v) is 2.98. The molecule has 1 aliphatic carbocycles. The van der Waals surface area contributed by atoms with Gasteiger partial charge in [-0.1, -0.05) is 30.3 Å². The zero-order chi connectivity index (χ0) is 7.68. The van der Waals surface area contributed by atoms with Gasteiger partial charge >= 0.3 is 0 Å². The average molecular weight is 145 g/mol. The van der Waals surface area contributed by atoms with Crippen molar-refractivity contribution >= 4 is 6.29 Å². The van der Waals surface area contributed by atoms with Gasteiger partial charge in [0.15, 0.2) is 0 Å². The van der Waals surface area contributed by atoms with Crippen LogP contribution in [0.4, 0.5) is 0 Å². The molecule has 1 heteroatoms. The summed E-state index contributed by atoms with van der Waals surface area (Å²) in [5.41, 5.74) is 1.28. The minimum absolute atomic E-state index is 0.178. The summed E-state index contributed by atoms with van der Waals surface area (Å²) >= 11 is 0. The molecule has 2 atom stereocenters. The van der Waals surface area contributed by atoms with Crippen LogP contribution in [0.3, 0.4) is 0 Å². The molecule has 1 fully saturated rings. The van der Waals surface area contributed by atoms with E-state index in [2.05, 4.69) is 12.1 Å². The molecule has 0 N–H and O–H groups in total. The molecule has 0 saturated heterocycles. The summed E-state index contributed by atoms with van der Waals surface area (Å²) < 4.78 is 0. The van der Waals surface area contributed by atoms with E-state index in [0.29, 0.717) is 5.92 Å². The Hall–Kier alpha value is -1.11. The lowest BCUT2D eigenvalue weighted by Gasteiger charge is -1.93. The van der Waals surface area contributed by atoms with Crippen LogP contribution in [0.2, 0.25) is 0 Å². The van der Waals surface area contributed by atoms with E-state index in [1.807, 2.05) is 24.5 Å². The topological polar surface area (TPSA) is 17.1 Å². The van der Waals surface area contributed by atoms with Crippen molar-refractivity contribution in [1.29, 1.82) is 0 Å². The zero-order valence-electron chi connectivity index (χ0n) is 6.16. The average Bonchev–Trinajstić information content (AvgIpc) is 2.85. The Morgan fingerprint density at radius 1 is 1.27 bits per heavy atom. The van der Waals surface area contributed by atoms with Crippen molar-refractivity contribution in [1.82, 2.24) is 0 Å². The maximum absolute atomic E-state index is 10.2. The second-order valence-electron chi connectivity index (χ2n) is 2.98. The van der Waals surface area contributed by atoms with Crippen LogP contribution in [0.5, 0.6) is 0 Å². The van der Waals surface area contributed by atoms with Crippen molar-refractivity contribution in [3.63, 3.8) is 0 Å². The van der Waals surface area contributed by atoms with E-state index < -0.39 is 0 Å². The Labute approximate surface area is 66.0 Å². The Morgan fingerprint density at radius 3 is 2.55 bits per heavy atom. The molecule has 1 aromatic rings. The van der Waals surface area contributed by atoms with E-state index >= 15 is 0 Å². The Kier molecular flexibility index (Phi) is 1.50. The van der Waals surface area contributed by atoms with E-state index in [0.717, 1.165) is 6.42 Å². The molecule has 11 heavy (non-hydrogen) atoms. The smallest absolute Gasteiger partial charge is 0.202 e. The van der Waals surface area contributed by atoms with Crippen LogP contribution in [-0.2, 0) is 4.79 Å². The summed E-state index contributed by atoms with van der Waals surface area (Å²) in [5.74, 6) is 0.645. The van der Waals surface area contributed by atoms with Crippen LogP contribution in [0.25, 0.3) is 0 Å². The maximum atomic E-state index is 10.2. The van der Waals surface area contributed by atoms with Crippen molar-refractivity contribution < 1.29 is 4.79 Å². The number of hydrogen-bond acceptors (Lipinski definition) is 1. The quantitative estimate of drug-likeness (QED) is 0.621. The number of hydrogen-bond donors (Lipinski definition) is 0. The molecule has 0 heterocycles. The molecule has 2 rings (SSSR count). The van der Waals surface area contributed by atoms with Gasteiger partial charge in [-0.3, -0.25) is 4.79 Å². The molecule has 0 amide bonds. The fourth-order valence-electron chi connectivity index (χ4n) is 1.39. The van der Waals surface area contributed by atoms with Crippen LogP contribution >= 0.6 is 0 Å². The molecule has 0 spiro atoms. The van der Waals surface area contributed by atoms with E-state index in [4.69, 9.17) is 0 Å². The predicted molar refractivity (Wildman–Crippen MR) is 43.0 cm³/mol. The predicted octanol–water partition coefficient (Wildman–Crippen LogP) is 1.90. The van der Waals surface area contributed by atoms with Crippen molar-refractivity contribution in [2.24, 2.45) is 5.92 Å². The lowest BCUT2D eigenvalue weighted by atomic mass is 10.1. The highest BCUT2D eigenvalue weighted by Gasteiger charge is 2.38. The standard InChI is InChI=1S/C10H9O/c11-7-9-6-10(9)8-4-2-1-3-5-8/h1-5,9-10H,6H2/t9-,10-/m1/s1. The van der Waals surface area contributed by atoms with Crippen LogP contribution in [0.1, 0.15) is 17.9 Å². The Balaban J connectivity index is 2.14. The van der Waals surface area contributed by atoms with Gasteiger partial charge < -0.3 is 0 Å². The third-order valence-corrected chi connectivity index (χ3v) is 2.17. The minimum Gasteiger partial charge on any atom is -0.291 e. The molecule has 1 saturated carbocycles. The molecule has 1 radical (unpaired) electrons. The fraction of sp³-hybridized carbons (Fsp3) is 0.300. The first-order chi connectivity index (χ1) is 5.42. The Morgan fingerprint density at radius 2 is 2.00 bits per heavy atom. The molecule has 1 nitrogen and oxygen atoms in total. The van der Waals surface area contributed by atoms with E-state index in [1.165, 1.54) is 5.56 Å². The summed E-state index contributed by atoms with van der Waals surface area (Å²) in [7, 11) is 0. The molecule has 0 unspecified atom stereocenters. The van der Waals surface area contributed by atoms with Gasteiger partial charge in [-0.15, -0.1) is 0 Å². The van der Waals surface area contributed by atoms with Gasteiger partial charge in [-0.2, -0.15) is 0 Å². The molecule has 0 aromatic heterocycles. The molecule has 1 aliphatic rings. The Bertz CT molecular complexity index is 253. The van der Waals surface area contributed by atoms with Gasteiger partial charge in [-0.25, -0.2) is 0 Å². The first-order valence-corrected chi connectivity index (χ1v) is 3.84. The molecule has 0 bridgehead atoms. The van der Waals surface area contributed by atoms with Gasteiger partial charge in [0.1, 0.15) is 0 Å². The summed E-state index contributed by atoms with van der Waals surface area (Å²) in [6, 6.07) is 10.2. The first kappa shape index (κ1) is 6.59. The molecular formula is C10H9O. The van der Waals surface area contributed by atoms with Gasteiger partial charge in [0.2, 0.25) is 6.29 Å². The van der Waals surface area contributed by atoms with Crippen LogP contribution in [0.15, 0.2) is 30.3 Å². The molecule has 55 valence electrons. The van der Waals surface area contributed by atoms with E-state index in [9.17, 15) is 4.79 Å². The third-order valence-electron chi connectivity index (χ3n) is 2.17. The van der Waals surface area contributed by atoms with E-state index in [-0.39, 0.29) is 5.92 Å². The molecule has 0 aliphatic heterocycles. The van der Waals surface area contributed by atoms with Gasteiger partial charge in [0.25, 0.3) is 0 Å². The van der Waals surface area contributed by atoms with Gasteiger partial charge in [0, 0.05) is 5.92 Å². The lowest BCUT2D eigenvalue weighted by Crippen LogP contribution is -1.82. The summed E-state index contributed by atoms with van der Waals surface area (Å²) in [6.07, 6.45) is 3.03. The van der Waals surface area contributed by atoms with Crippen molar-refractivity contribution in [2.45, 2.75) is 12.3 Å². The van der Waals surface area contributed by atoms with Crippen molar-refractivity contribution in [2.75, 3.05) is 0 Å².